The van der Waals surface area contributed by atoms with Gasteiger partial charge in [0.15, 0.2) is 0 Å². The Hall–Kier alpha value is -1.07. The highest BCUT2D eigenvalue weighted by Gasteiger charge is 2.24. The Morgan fingerprint density at radius 3 is 3.00 bits per heavy atom. The maximum atomic E-state index is 12.3. The molecular weight excluding hydrogens is 266 g/mol. The number of anilines is 1. The minimum atomic E-state index is -0.127. The molecule has 5 nitrogen and oxygen atoms in total. The third kappa shape index (κ3) is 3.09. The van der Waals surface area contributed by atoms with Crippen molar-refractivity contribution in [2.24, 2.45) is 5.92 Å². The van der Waals surface area contributed by atoms with Gasteiger partial charge in [0, 0.05) is 19.7 Å². The third-order valence-electron chi connectivity index (χ3n) is 3.66. The Morgan fingerprint density at radius 2 is 2.32 bits per heavy atom. The van der Waals surface area contributed by atoms with Crippen molar-refractivity contribution < 1.29 is 4.74 Å². The molecule has 19 heavy (non-hydrogen) atoms. The highest BCUT2D eigenvalue weighted by molar-refractivity contribution is 6.32. The number of nitrogens with one attached hydrogen (secondary N) is 1. The van der Waals surface area contributed by atoms with Crippen LogP contribution in [0.1, 0.15) is 25.7 Å². The van der Waals surface area contributed by atoms with Crippen molar-refractivity contribution in [2.45, 2.75) is 38.3 Å². The van der Waals surface area contributed by atoms with Gasteiger partial charge < -0.3 is 10.1 Å². The average molecular weight is 284 g/mol. The summed E-state index contributed by atoms with van der Waals surface area (Å²) in [7, 11) is 0. The fourth-order valence-electron chi connectivity index (χ4n) is 2.32. The van der Waals surface area contributed by atoms with E-state index in [4.69, 9.17) is 16.3 Å². The molecule has 1 atom stereocenters. The smallest absolute Gasteiger partial charge is 0.291 e. The second kappa shape index (κ2) is 5.51. The van der Waals surface area contributed by atoms with Gasteiger partial charge in [-0.3, -0.25) is 4.79 Å². The maximum Gasteiger partial charge on any atom is 0.291 e. The molecule has 1 aromatic rings. The van der Waals surface area contributed by atoms with Crippen LogP contribution in [-0.2, 0) is 11.3 Å². The molecular formula is C13H18ClN3O2. The summed E-state index contributed by atoms with van der Waals surface area (Å²) in [5.74, 6) is 0.609. The average Bonchev–Trinajstić information content (AvgIpc) is 3.06. The fourth-order valence-corrected chi connectivity index (χ4v) is 2.52. The quantitative estimate of drug-likeness (QED) is 0.897. The van der Waals surface area contributed by atoms with Crippen molar-refractivity contribution in [2.75, 3.05) is 18.5 Å². The van der Waals surface area contributed by atoms with Gasteiger partial charge in [-0.25, -0.2) is 4.68 Å². The number of aromatic nitrogens is 2. The minimum absolute atomic E-state index is 0.127. The lowest BCUT2D eigenvalue weighted by atomic mass is 10.2. The van der Waals surface area contributed by atoms with Gasteiger partial charge in [-0.05, 0) is 31.6 Å². The number of hydrogen-bond donors (Lipinski definition) is 1. The predicted octanol–water partition coefficient (Wildman–Crippen LogP) is 1.90. The highest BCUT2D eigenvalue weighted by Crippen LogP contribution is 2.30. The van der Waals surface area contributed by atoms with E-state index in [-0.39, 0.29) is 11.7 Å². The van der Waals surface area contributed by atoms with Crippen molar-refractivity contribution in [3.8, 4) is 0 Å². The van der Waals surface area contributed by atoms with Crippen molar-refractivity contribution in [3.05, 3.63) is 21.6 Å². The van der Waals surface area contributed by atoms with E-state index in [2.05, 4.69) is 10.4 Å². The van der Waals surface area contributed by atoms with E-state index < -0.39 is 0 Å². The topological polar surface area (TPSA) is 56.1 Å². The summed E-state index contributed by atoms with van der Waals surface area (Å²) in [4.78, 5) is 12.3. The first-order valence-electron chi connectivity index (χ1n) is 6.85. The van der Waals surface area contributed by atoms with E-state index in [1.165, 1.54) is 17.5 Å². The van der Waals surface area contributed by atoms with Crippen LogP contribution in [0.25, 0.3) is 0 Å². The van der Waals surface area contributed by atoms with Gasteiger partial charge in [0.1, 0.15) is 5.69 Å². The maximum absolute atomic E-state index is 12.3. The predicted molar refractivity (Wildman–Crippen MR) is 73.7 cm³/mol. The molecule has 0 radical (unpaired) electrons. The Morgan fingerprint density at radius 1 is 1.47 bits per heavy atom. The Kier molecular flexibility index (Phi) is 3.75. The normalized spacial score (nSPS) is 22.7. The van der Waals surface area contributed by atoms with Gasteiger partial charge in [0.05, 0.1) is 17.3 Å². The van der Waals surface area contributed by atoms with E-state index in [0.29, 0.717) is 29.7 Å². The summed E-state index contributed by atoms with van der Waals surface area (Å²) in [6.45, 7) is 2.13. The lowest BCUT2D eigenvalue weighted by molar-refractivity contribution is 0.120. The zero-order valence-electron chi connectivity index (χ0n) is 10.8. The molecule has 1 aliphatic carbocycles. The van der Waals surface area contributed by atoms with Gasteiger partial charge in [0.2, 0.25) is 0 Å². The van der Waals surface area contributed by atoms with E-state index in [9.17, 15) is 4.79 Å². The molecule has 104 valence electrons. The van der Waals surface area contributed by atoms with Crippen molar-refractivity contribution in [3.63, 3.8) is 0 Å². The number of ether oxygens (including phenoxy) is 1. The standard InChI is InChI=1S/C13H18ClN3O2/c14-11-7-16-17(8-9-3-4-9)13(18)12(11)15-6-10-2-1-5-19-10/h7,9-10,15H,1-6,8H2. The van der Waals surface area contributed by atoms with E-state index in [1.54, 1.807) is 6.20 Å². The first-order chi connectivity index (χ1) is 9.24. The van der Waals surface area contributed by atoms with Crippen LogP contribution in [0.3, 0.4) is 0 Å². The van der Waals surface area contributed by atoms with Gasteiger partial charge in [-0.1, -0.05) is 11.6 Å². The molecule has 1 N–H and O–H groups in total. The molecule has 2 fully saturated rings. The molecule has 1 aliphatic heterocycles. The van der Waals surface area contributed by atoms with Crippen LogP contribution in [0.15, 0.2) is 11.0 Å². The molecule has 2 heterocycles. The van der Waals surface area contributed by atoms with Crippen LogP contribution in [0.4, 0.5) is 5.69 Å². The molecule has 3 rings (SSSR count). The highest BCUT2D eigenvalue weighted by atomic mass is 35.5. The van der Waals surface area contributed by atoms with Crippen LogP contribution in [0.5, 0.6) is 0 Å². The van der Waals surface area contributed by atoms with E-state index >= 15 is 0 Å². The third-order valence-corrected chi connectivity index (χ3v) is 3.94. The monoisotopic (exact) mass is 283 g/mol. The summed E-state index contributed by atoms with van der Waals surface area (Å²) < 4.78 is 7.04. The Bertz CT molecular complexity index is 507. The molecule has 1 aromatic heterocycles. The molecule has 2 aliphatic rings. The van der Waals surface area contributed by atoms with Crippen molar-refractivity contribution >= 4 is 17.3 Å². The van der Waals surface area contributed by atoms with E-state index in [0.717, 1.165) is 19.4 Å². The number of halogens is 1. The van der Waals surface area contributed by atoms with Crippen LogP contribution < -0.4 is 10.9 Å². The summed E-state index contributed by atoms with van der Waals surface area (Å²) in [6, 6.07) is 0. The first-order valence-corrected chi connectivity index (χ1v) is 7.23. The SMILES string of the molecule is O=c1c(NCC2CCCO2)c(Cl)cnn1CC1CC1. The first kappa shape index (κ1) is 12.9. The van der Waals surface area contributed by atoms with Gasteiger partial charge in [-0.15, -0.1) is 0 Å². The summed E-state index contributed by atoms with van der Waals surface area (Å²) >= 11 is 6.06. The molecule has 1 saturated carbocycles. The van der Waals surface area contributed by atoms with Crippen molar-refractivity contribution in [1.82, 2.24) is 9.78 Å². The van der Waals surface area contributed by atoms with Crippen LogP contribution >= 0.6 is 11.6 Å². The zero-order valence-corrected chi connectivity index (χ0v) is 11.5. The van der Waals surface area contributed by atoms with E-state index in [1.807, 2.05) is 0 Å². The minimum Gasteiger partial charge on any atom is -0.377 e. The van der Waals surface area contributed by atoms with Crippen molar-refractivity contribution in [1.29, 1.82) is 0 Å². The number of nitrogens with zero attached hydrogens (tertiary/aromatic N) is 2. The molecule has 1 saturated heterocycles. The fraction of sp³-hybridized carbons (Fsp3) is 0.692. The number of hydrogen-bond acceptors (Lipinski definition) is 4. The van der Waals surface area contributed by atoms with Crippen LogP contribution in [-0.4, -0.2) is 29.0 Å². The Labute approximate surface area is 116 Å². The van der Waals surface area contributed by atoms with Gasteiger partial charge >= 0.3 is 0 Å². The van der Waals surface area contributed by atoms with Gasteiger partial charge in [0.25, 0.3) is 5.56 Å². The number of rotatable bonds is 5. The summed E-state index contributed by atoms with van der Waals surface area (Å²) in [5.41, 5.74) is 0.324. The van der Waals surface area contributed by atoms with Crippen LogP contribution in [0, 0.1) is 5.92 Å². The van der Waals surface area contributed by atoms with Gasteiger partial charge in [-0.2, -0.15) is 5.10 Å². The molecule has 1 unspecified atom stereocenters. The molecule has 0 spiro atoms. The zero-order chi connectivity index (χ0) is 13.2. The molecule has 0 aromatic carbocycles. The lowest BCUT2D eigenvalue weighted by Crippen LogP contribution is -2.29. The molecule has 0 amide bonds. The second-order valence-corrected chi connectivity index (χ2v) is 5.72. The molecule has 0 bridgehead atoms. The second-order valence-electron chi connectivity index (χ2n) is 5.31. The lowest BCUT2D eigenvalue weighted by Gasteiger charge is -2.13. The molecule has 6 heteroatoms. The summed E-state index contributed by atoms with van der Waals surface area (Å²) in [6.07, 6.45) is 6.23. The summed E-state index contributed by atoms with van der Waals surface area (Å²) in [5, 5.41) is 7.61. The largest absolute Gasteiger partial charge is 0.377 e. The van der Waals surface area contributed by atoms with Crippen LogP contribution in [0.2, 0.25) is 5.02 Å². The Balaban J connectivity index is 1.72.